The minimum Gasteiger partial charge on any atom is -0.508 e. The van der Waals surface area contributed by atoms with Gasteiger partial charge in [0.15, 0.2) is 0 Å². The van der Waals surface area contributed by atoms with Crippen molar-refractivity contribution in [2.24, 2.45) is 0 Å². The predicted molar refractivity (Wildman–Crippen MR) is 43.5 cm³/mol. The van der Waals surface area contributed by atoms with Crippen LogP contribution in [0.3, 0.4) is 0 Å². The van der Waals surface area contributed by atoms with Crippen LogP contribution in [-0.2, 0) is 0 Å². The van der Waals surface area contributed by atoms with Crippen molar-refractivity contribution in [1.82, 2.24) is 0 Å². The lowest BCUT2D eigenvalue weighted by Gasteiger charge is -2.25. The molecule has 11 heavy (non-hydrogen) atoms. The summed E-state index contributed by atoms with van der Waals surface area (Å²) in [5.41, 5.74) is 1.18. The summed E-state index contributed by atoms with van der Waals surface area (Å²) in [4.78, 5) is 0. The van der Waals surface area contributed by atoms with Gasteiger partial charge in [-0.1, -0.05) is 12.5 Å². The molecule has 0 atom stereocenters. The maximum absolute atomic E-state index is 9.16. The molecule has 0 unspecified atom stereocenters. The van der Waals surface area contributed by atoms with E-state index in [0.29, 0.717) is 11.7 Å². The van der Waals surface area contributed by atoms with E-state index in [-0.39, 0.29) is 0 Å². The number of hydrogen-bond acceptors (Lipinski definition) is 1. The molecular formula is C10H11O. The Morgan fingerprint density at radius 3 is 2.82 bits per heavy atom. The molecule has 0 saturated heterocycles. The number of phenolic OH excluding ortho intramolecular Hbond substituents is 1. The van der Waals surface area contributed by atoms with Crippen LogP contribution in [0.5, 0.6) is 5.75 Å². The molecule has 1 aliphatic carbocycles. The molecule has 1 N–H and O–H groups in total. The molecule has 0 amide bonds. The van der Waals surface area contributed by atoms with Gasteiger partial charge in [0, 0.05) is 0 Å². The van der Waals surface area contributed by atoms with Crippen molar-refractivity contribution >= 4 is 0 Å². The van der Waals surface area contributed by atoms with Gasteiger partial charge in [0.05, 0.1) is 0 Å². The number of benzene rings is 1. The van der Waals surface area contributed by atoms with E-state index < -0.39 is 0 Å². The van der Waals surface area contributed by atoms with Gasteiger partial charge in [0.25, 0.3) is 0 Å². The van der Waals surface area contributed by atoms with Crippen LogP contribution in [-0.4, -0.2) is 5.11 Å². The van der Waals surface area contributed by atoms with Crippen molar-refractivity contribution in [2.45, 2.75) is 25.2 Å². The fraction of sp³-hybridized carbons (Fsp3) is 0.400. The average molecular weight is 147 g/mol. The first-order valence-corrected chi connectivity index (χ1v) is 4.07. The maximum Gasteiger partial charge on any atom is 0.115 e. The van der Waals surface area contributed by atoms with Crippen molar-refractivity contribution in [3.63, 3.8) is 0 Å². The molecule has 1 heteroatoms. The topological polar surface area (TPSA) is 20.2 Å². The van der Waals surface area contributed by atoms with Crippen LogP contribution in [0.2, 0.25) is 0 Å². The molecule has 1 radical (unpaired) electrons. The van der Waals surface area contributed by atoms with Gasteiger partial charge in [-0.3, -0.25) is 0 Å². The van der Waals surface area contributed by atoms with Crippen LogP contribution in [0.1, 0.15) is 30.7 Å². The summed E-state index contributed by atoms with van der Waals surface area (Å²) in [6.07, 6.45) is 3.86. The van der Waals surface area contributed by atoms with Gasteiger partial charge < -0.3 is 5.11 Å². The summed E-state index contributed by atoms with van der Waals surface area (Å²) < 4.78 is 0. The largest absolute Gasteiger partial charge is 0.508 e. The molecule has 1 nitrogen and oxygen atoms in total. The van der Waals surface area contributed by atoms with E-state index in [1.807, 2.05) is 6.07 Å². The van der Waals surface area contributed by atoms with Gasteiger partial charge >= 0.3 is 0 Å². The van der Waals surface area contributed by atoms with Crippen LogP contribution in [0, 0.1) is 6.07 Å². The van der Waals surface area contributed by atoms with Gasteiger partial charge in [0.1, 0.15) is 5.75 Å². The van der Waals surface area contributed by atoms with Crippen LogP contribution < -0.4 is 0 Å². The summed E-state index contributed by atoms with van der Waals surface area (Å²) >= 11 is 0. The zero-order chi connectivity index (χ0) is 7.68. The lowest BCUT2D eigenvalue weighted by molar-refractivity contribution is 0.415. The van der Waals surface area contributed by atoms with Gasteiger partial charge in [-0.15, -0.1) is 0 Å². The molecule has 0 heterocycles. The Kier molecular flexibility index (Phi) is 1.57. The molecular weight excluding hydrogens is 136 g/mol. The molecule has 57 valence electrons. The van der Waals surface area contributed by atoms with Crippen LogP contribution >= 0.6 is 0 Å². The Hall–Kier alpha value is -0.980. The van der Waals surface area contributed by atoms with Crippen LogP contribution in [0.15, 0.2) is 18.2 Å². The molecule has 1 aromatic carbocycles. The second-order valence-electron chi connectivity index (χ2n) is 3.13. The molecule has 0 aromatic heterocycles. The van der Waals surface area contributed by atoms with E-state index in [9.17, 15) is 0 Å². The monoisotopic (exact) mass is 147 g/mol. The highest BCUT2D eigenvalue weighted by Gasteiger charge is 2.19. The zero-order valence-electron chi connectivity index (χ0n) is 6.38. The molecule has 1 saturated carbocycles. The third-order valence-corrected chi connectivity index (χ3v) is 2.35. The molecule has 1 aromatic rings. The van der Waals surface area contributed by atoms with E-state index in [1.54, 1.807) is 12.1 Å². The Morgan fingerprint density at radius 1 is 1.45 bits per heavy atom. The highest BCUT2D eigenvalue weighted by atomic mass is 16.3. The number of aromatic hydroxyl groups is 1. The molecule has 0 bridgehead atoms. The molecule has 1 aliphatic rings. The minimum atomic E-state index is 0.366. The van der Waals surface area contributed by atoms with Gasteiger partial charge in [-0.25, -0.2) is 0 Å². The fourth-order valence-corrected chi connectivity index (χ4v) is 1.43. The van der Waals surface area contributed by atoms with Gasteiger partial charge in [-0.05, 0) is 42.5 Å². The fourth-order valence-electron chi connectivity index (χ4n) is 1.43. The van der Waals surface area contributed by atoms with Gasteiger partial charge in [-0.2, -0.15) is 0 Å². The first-order valence-electron chi connectivity index (χ1n) is 4.07. The van der Waals surface area contributed by atoms with Crippen molar-refractivity contribution in [2.75, 3.05) is 0 Å². The van der Waals surface area contributed by atoms with Crippen molar-refractivity contribution in [3.05, 3.63) is 29.8 Å². The van der Waals surface area contributed by atoms with Gasteiger partial charge in [0.2, 0.25) is 0 Å². The van der Waals surface area contributed by atoms with Crippen molar-refractivity contribution in [1.29, 1.82) is 0 Å². The maximum atomic E-state index is 9.16. The first kappa shape index (κ1) is 6.71. The summed E-state index contributed by atoms with van der Waals surface area (Å²) in [5.74, 6) is 1.03. The highest BCUT2D eigenvalue weighted by Crippen LogP contribution is 2.36. The third kappa shape index (κ3) is 1.23. The molecule has 2 rings (SSSR count). The van der Waals surface area contributed by atoms with Crippen LogP contribution in [0.4, 0.5) is 0 Å². The summed E-state index contributed by atoms with van der Waals surface area (Å²) in [6.45, 7) is 0. The van der Waals surface area contributed by atoms with E-state index in [2.05, 4.69) is 6.07 Å². The average Bonchev–Trinajstić information content (AvgIpc) is 1.83. The second kappa shape index (κ2) is 2.57. The minimum absolute atomic E-state index is 0.366. The SMILES string of the molecule is Oc1cc[c]c(C2CCC2)c1. The summed E-state index contributed by atoms with van der Waals surface area (Å²) in [6, 6.07) is 8.44. The standard InChI is InChI=1S/C10H11O/c11-10-6-2-5-9(7-10)8-3-1-4-8/h2,6-8,11H,1,3-4H2. The number of hydrogen-bond donors (Lipinski definition) is 1. The summed E-state index contributed by atoms with van der Waals surface area (Å²) in [5, 5.41) is 9.16. The van der Waals surface area contributed by atoms with Crippen LogP contribution in [0.25, 0.3) is 0 Å². The Bertz CT molecular complexity index is 251. The normalized spacial score (nSPS) is 17.8. The molecule has 0 spiro atoms. The zero-order valence-corrected chi connectivity index (χ0v) is 6.38. The molecule has 1 fully saturated rings. The van der Waals surface area contributed by atoms with Crippen molar-refractivity contribution in [3.8, 4) is 5.75 Å². The lowest BCUT2D eigenvalue weighted by atomic mass is 9.80. The van der Waals surface area contributed by atoms with E-state index >= 15 is 0 Å². The second-order valence-corrected chi connectivity index (χ2v) is 3.13. The Morgan fingerprint density at radius 2 is 2.27 bits per heavy atom. The number of rotatable bonds is 1. The molecule has 0 aliphatic heterocycles. The van der Waals surface area contributed by atoms with Crippen molar-refractivity contribution < 1.29 is 5.11 Å². The Labute approximate surface area is 66.7 Å². The predicted octanol–water partition coefficient (Wildman–Crippen LogP) is 2.46. The summed E-state index contributed by atoms with van der Waals surface area (Å²) in [7, 11) is 0. The first-order chi connectivity index (χ1) is 5.36. The number of phenols is 1. The highest BCUT2D eigenvalue weighted by molar-refractivity contribution is 5.29. The van der Waals surface area contributed by atoms with E-state index in [1.165, 1.54) is 24.8 Å². The smallest absolute Gasteiger partial charge is 0.115 e. The van der Waals surface area contributed by atoms with E-state index in [0.717, 1.165) is 0 Å². The lowest BCUT2D eigenvalue weighted by Crippen LogP contribution is -2.08. The Balaban J connectivity index is 2.23. The quantitative estimate of drug-likeness (QED) is 0.647. The third-order valence-electron chi connectivity index (χ3n) is 2.35. The van der Waals surface area contributed by atoms with E-state index in [4.69, 9.17) is 5.11 Å².